The second kappa shape index (κ2) is 8.04. The van der Waals surface area contributed by atoms with E-state index < -0.39 is 32.7 Å². The summed E-state index contributed by atoms with van der Waals surface area (Å²) in [4.78, 5) is 16.6. The average molecular weight is 412 g/mol. The van der Waals surface area contributed by atoms with Gasteiger partial charge in [-0.3, -0.25) is 4.79 Å². The van der Waals surface area contributed by atoms with Gasteiger partial charge in [-0.15, -0.1) is 0 Å². The molecular formula is C18H18F2N2O3S2. The molecule has 0 N–H and O–H groups in total. The molecule has 2 heterocycles. The van der Waals surface area contributed by atoms with Gasteiger partial charge in [-0.05, 0) is 44.0 Å². The maximum Gasteiger partial charge on any atom is 0.244 e. The number of rotatable bonds is 6. The maximum absolute atomic E-state index is 13.8. The Labute approximate surface area is 160 Å². The number of nitrogens with zero attached hydrogens (tertiary/aromatic N) is 2. The Morgan fingerprint density at radius 2 is 1.89 bits per heavy atom. The third-order valence-electron chi connectivity index (χ3n) is 4.28. The van der Waals surface area contributed by atoms with Crippen LogP contribution in [0.25, 0.3) is 0 Å². The summed E-state index contributed by atoms with van der Waals surface area (Å²) < 4.78 is 53.1. The highest BCUT2D eigenvalue weighted by Gasteiger charge is 2.27. The van der Waals surface area contributed by atoms with E-state index in [0.717, 1.165) is 36.7 Å². The standard InChI is InChI=1S/C18H18F2N2O3S2/c1-12(18(23)15-6-4-13(19)10-16(15)20)26-17-7-5-14(11-21-17)27(24,25)22-8-2-3-9-22/h4-7,10-12H,2-3,8-9H2,1H3. The molecule has 0 spiro atoms. The summed E-state index contributed by atoms with van der Waals surface area (Å²) >= 11 is 1.08. The molecule has 27 heavy (non-hydrogen) atoms. The molecule has 1 aliphatic heterocycles. The van der Waals surface area contributed by atoms with E-state index >= 15 is 0 Å². The molecule has 0 radical (unpaired) electrons. The van der Waals surface area contributed by atoms with Crippen LogP contribution in [-0.4, -0.2) is 41.8 Å². The third kappa shape index (κ3) is 4.36. The quantitative estimate of drug-likeness (QED) is 0.537. The summed E-state index contributed by atoms with van der Waals surface area (Å²) in [5.41, 5.74) is -0.190. The fourth-order valence-electron chi connectivity index (χ4n) is 2.81. The number of hydrogen-bond donors (Lipinski definition) is 0. The van der Waals surface area contributed by atoms with Gasteiger partial charge in [0, 0.05) is 25.4 Å². The lowest BCUT2D eigenvalue weighted by atomic mass is 10.1. The van der Waals surface area contributed by atoms with Gasteiger partial charge in [0.2, 0.25) is 10.0 Å². The van der Waals surface area contributed by atoms with Crippen molar-refractivity contribution in [3.63, 3.8) is 0 Å². The normalized spacial score (nSPS) is 16.4. The summed E-state index contributed by atoms with van der Waals surface area (Å²) in [6.07, 6.45) is 2.96. The van der Waals surface area contributed by atoms with Crippen molar-refractivity contribution in [2.75, 3.05) is 13.1 Å². The summed E-state index contributed by atoms with van der Waals surface area (Å²) in [5, 5.41) is -0.225. The Kier molecular flexibility index (Phi) is 5.92. The Morgan fingerprint density at radius 3 is 2.48 bits per heavy atom. The van der Waals surface area contributed by atoms with E-state index in [1.165, 1.54) is 22.6 Å². The van der Waals surface area contributed by atoms with Gasteiger partial charge in [-0.2, -0.15) is 4.31 Å². The summed E-state index contributed by atoms with van der Waals surface area (Å²) in [6.45, 7) is 2.60. The van der Waals surface area contributed by atoms with Crippen molar-refractivity contribution in [1.82, 2.24) is 9.29 Å². The molecule has 0 aliphatic carbocycles. The van der Waals surface area contributed by atoms with Gasteiger partial charge in [-0.25, -0.2) is 22.2 Å². The summed E-state index contributed by atoms with van der Waals surface area (Å²) in [6, 6.07) is 5.80. The van der Waals surface area contributed by atoms with E-state index in [-0.39, 0.29) is 10.5 Å². The van der Waals surface area contributed by atoms with Gasteiger partial charge in [-0.1, -0.05) is 11.8 Å². The van der Waals surface area contributed by atoms with Crippen LogP contribution in [0.5, 0.6) is 0 Å². The molecule has 1 saturated heterocycles. The molecule has 9 heteroatoms. The van der Waals surface area contributed by atoms with Crippen LogP contribution in [0, 0.1) is 11.6 Å². The smallest absolute Gasteiger partial charge is 0.244 e. The number of ketones is 1. The van der Waals surface area contributed by atoms with Crippen LogP contribution >= 0.6 is 11.8 Å². The van der Waals surface area contributed by atoms with Gasteiger partial charge < -0.3 is 0 Å². The molecule has 3 rings (SSSR count). The van der Waals surface area contributed by atoms with Gasteiger partial charge in [0.1, 0.15) is 16.5 Å². The molecule has 144 valence electrons. The molecule has 1 fully saturated rings. The van der Waals surface area contributed by atoms with Crippen molar-refractivity contribution in [2.45, 2.75) is 34.9 Å². The van der Waals surface area contributed by atoms with Gasteiger partial charge in [0.05, 0.1) is 15.8 Å². The molecule has 1 aromatic carbocycles. The van der Waals surface area contributed by atoms with Crippen LogP contribution in [0.15, 0.2) is 46.5 Å². The number of aromatic nitrogens is 1. The first-order valence-corrected chi connectivity index (χ1v) is 10.7. The number of benzene rings is 1. The number of carbonyl (C=O) groups excluding carboxylic acids is 1. The molecule has 1 unspecified atom stereocenters. The topological polar surface area (TPSA) is 67.3 Å². The molecule has 1 aromatic heterocycles. The Hall–Kier alpha value is -1.84. The molecule has 1 aliphatic rings. The first-order chi connectivity index (χ1) is 12.8. The summed E-state index contributed by atoms with van der Waals surface area (Å²) in [7, 11) is -3.54. The van der Waals surface area contributed by atoms with Gasteiger partial charge >= 0.3 is 0 Å². The highest BCUT2D eigenvalue weighted by atomic mass is 32.2. The van der Waals surface area contributed by atoms with Crippen LogP contribution in [0.1, 0.15) is 30.1 Å². The molecule has 0 amide bonds. The highest BCUT2D eigenvalue weighted by Crippen LogP contribution is 2.27. The average Bonchev–Trinajstić information content (AvgIpc) is 3.17. The predicted molar refractivity (Wildman–Crippen MR) is 98.2 cm³/mol. The van der Waals surface area contributed by atoms with Crippen molar-refractivity contribution < 1.29 is 22.0 Å². The first kappa shape index (κ1) is 19.9. The van der Waals surface area contributed by atoms with Crippen LogP contribution < -0.4 is 0 Å². The van der Waals surface area contributed by atoms with Crippen LogP contribution in [0.4, 0.5) is 8.78 Å². The number of Topliss-reactive ketones (excluding diaryl/α,β-unsaturated/α-hetero) is 1. The Balaban J connectivity index is 1.71. The lowest BCUT2D eigenvalue weighted by molar-refractivity contribution is 0.0990. The fraction of sp³-hybridized carbons (Fsp3) is 0.333. The predicted octanol–water partition coefficient (Wildman–Crippen LogP) is 3.51. The van der Waals surface area contributed by atoms with E-state index in [9.17, 15) is 22.0 Å². The summed E-state index contributed by atoms with van der Waals surface area (Å²) in [5.74, 6) is -2.15. The van der Waals surface area contributed by atoms with E-state index in [4.69, 9.17) is 0 Å². The minimum absolute atomic E-state index is 0.109. The zero-order chi connectivity index (χ0) is 19.6. The van der Waals surface area contributed by atoms with Crippen molar-refractivity contribution in [1.29, 1.82) is 0 Å². The third-order valence-corrected chi connectivity index (χ3v) is 7.21. The van der Waals surface area contributed by atoms with Crippen LogP contribution in [0.3, 0.4) is 0 Å². The van der Waals surface area contributed by atoms with E-state index in [2.05, 4.69) is 4.98 Å². The Bertz CT molecular complexity index is 944. The molecule has 0 bridgehead atoms. The van der Waals surface area contributed by atoms with E-state index in [0.29, 0.717) is 24.2 Å². The zero-order valence-electron chi connectivity index (χ0n) is 14.6. The number of hydrogen-bond acceptors (Lipinski definition) is 5. The number of carbonyl (C=O) groups is 1. The van der Waals surface area contributed by atoms with Crippen molar-refractivity contribution in [2.24, 2.45) is 0 Å². The van der Waals surface area contributed by atoms with Crippen LogP contribution in [0.2, 0.25) is 0 Å². The second-order valence-corrected chi connectivity index (χ2v) is 9.49. The number of halogens is 2. The highest BCUT2D eigenvalue weighted by molar-refractivity contribution is 8.00. The van der Waals surface area contributed by atoms with Crippen molar-refractivity contribution in [3.8, 4) is 0 Å². The molecule has 5 nitrogen and oxygen atoms in total. The largest absolute Gasteiger partial charge is 0.293 e. The molecule has 2 aromatic rings. The minimum atomic E-state index is -3.54. The molecular weight excluding hydrogens is 394 g/mol. The van der Waals surface area contributed by atoms with Crippen molar-refractivity contribution >= 4 is 27.6 Å². The SMILES string of the molecule is CC(Sc1ccc(S(=O)(=O)N2CCCC2)cn1)C(=O)c1ccc(F)cc1F. The lowest BCUT2D eigenvalue weighted by Crippen LogP contribution is -2.27. The Morgan fingerprint density at radius 1 is 1.19 bits per heavy atom. The zero-order valence-corrected chi connectivity index (χ0v) is 16.2. The number of thioether (sulfide) groups is 1. The molecule has 0 saturated carbocycles. The van der Waals surface area contributed by atoms with E-state index in [1.807, 2.05) is 0 Å². The number of pyridine rings is 1. The number of sulfonamides is 1. The fourth-order valence-corrected chi connectivity index (χ4v) is 5.13. The minimum Gasteiger partial charge on any atom is -0.293 e. The van der Waals surface area contributed by atoms with E-state index in [1.54, 1.807) is 6.92 Å². The first-order valence-electron chi connectivity index (χ1n) is 8.41. The van der Waals surface area contributed by atoms with Crippen molar-refractivity contribution in [3.05, 3.63) is 53.7 Å². The monoisotopic (exact) mass is 412 g/mol. The van der Waals surface area contributed by atoms with Crippen LogP contribution in [-0.2, 0) is 10.0 Å². The lowest BCUT2D eigenvalue weighted by Gasteiger charge is -2.15. The second-order valence-electron chi connectivity index (χ2n) is 6.19. The molecule has 1 atom stereocenters. The maximum atomic E-state index is 13.8. The van der Waals surface area contributed by atoms with Gasteiger partial charge in [0.25, 0.3) is 0 Å². The van der Waals surface area contributed by atoms with Gasteiger partial charge in [0.15, 0.2) is 5.78 Å².